The average molecular weight is 180 g/mol. The minimum Gasteiger partial charge on any atom is -0.340 e. The van der Waals surface area contributed by atoms with E-state index in [-0.39, 0.29) is 0 Å². The van der Waals surface area contributed by atoms with Crippen molar-refractivity contribution < 1.29 is 9.32 Å². The summed E-state index contributed by atoms with van der Waals surface area (Å²) in [5.74, 6) is 2.06. The van der Waals surface area contributed by atoms with E-state index in [1.54, 1.807) is 6.92 Å². The summed E-state index contributed by atoms with van der Waals surface area (Å²) >= 11 is 0. The molecular weight excluding hydrogens is 168 g/mol. The van der Waals surface area contributed by atoms with Crippen molar-refractivity contribution in [2.45, 2.75) is 38.5 Å². The first-order chi connectivity index (χ1) is 6.25. The molecule has 1 aliphatic carbocycles. The maximum atomic E-state index is 11.0. The first kappa shape index (κ1) is 8.41. The number of aromatic nitrogens is 2. The number of carbonyl (C=O) groups is 1. The molecule has 1 aromatic rings. The largest absolute Gasteiger partial charge is 0.340 e. The van der Waals surface area contributed by atoms with E-state index in [9.17, 15) is 4.79 Å². The Hall–Kier alpha value is -1.19. The molecule has 0 aliphatic heterocycles. The van der Waals surface area contributed by atoms with Crippen LogP contribution >= 0.6 is 0 Å². The first-order valence-electron chi connectivity index (χ1n) is 4.57. The van der Waals surface area contributed by atoms with Gasteiger partial charge in [0.2, 0.25) is 5.89 Å². The third-order valence-corrected chi connectivity index (χ3v) is 2.45. The highest BCUT2D eigenvalue weighted by molar-refractivity contribution is 5.79. The topological polar surface area (TPSA) is 56.0 Å². The number of hydrogen-bond acceptors (Lipinski definition) is 4. The summed E-state index contributed by atoms with van der Waals surface area (Å²) in [4.78, 5) is 15.2. The lowest BCUT2D eigenvalue weighted by Crippen LogP contribution is -2.13. The Balaban J connectivity index is 2.06. The molecule has 0 saturated heterocycles. The summed E-state index contributed by atoms with van der Waals surface area (Å²) < 4.78 is 4.90. The predicted octanol–water partition coefficient (Wildman–Crippen LogP) is 1.60. The summed E-state index contributed by atoms with van der Waals surface area (Å²) in [6.45, 7) is 1.78. The van der Waals surface area contributed by atoms with Crippen molar-refractivity contribution in [1.82, 2.24) is 10.1 Å². The maximum absolute atomic E-state index is 11.0. The van der Waals surface area contributed by atoms with Crippen LogP contribution in [0.4, 0.5) is 0 Å². The van der Waals surface area contributed by atoms with E-state index in [2.05, 4.69) is 10.1 Å². The van der Waals surface area contributed by atoms with Gasteiger partial charge in [-0.05, 0) is 12.8 Å². The zero-order valence-corrected chi connectivity index (χ0v) is 7.62. The standard InChI is InChI=1S/C9H12N2O2/c1-6-10-9(11-13-6)7-2-4-8(12)5-3-7/h7H,2-5H2,1H3. The van der Waals surface area contributed by atoms with E-state index in [1.807, 2.05) is 0 Å². The highest BCUT2D eigenvalue weighted by Gasteiger charge is 2.23. The highest BCUT2D eigenvalue weighted by Crippen LogP contribution is 2.28. The molecule has 0 unspecified atom stereocenters. The van der Waals surface area contributed by atoms with Gasteiger partial charge in [0, 0.05) is 25.7 Å². The molecule has 2 rings (SSSR count). The van der Waals surface area contributed by atoms with Crippen molar-refractivity contribution in [3.05, 3.63) is 11.7 Å². The second kappa shape index (κ2) is 3.28. The van der Waals surface area contributed by atoms with E-state index < -0.39 is 0 Å². The molecule has 1 heterocycles. The fraction of sp³-hybridized carbons (Fsp3) is 0.667. The SMILES string of the molecule is Cc1nc(C2CCC(=O)CC2)no1. The molecule has 0 spiro atoms. The van der Waals surface area contributed by atoms with Crippen LogP contribution < -0.4 is 0 Å². The lowest BCUT2D eigenvalue weighted by Gasteiger charge is -2.16. The molecule has 1 saturated carbocycles. The van der Waals surface area contributed by atoms with Gasteiger partial charge in [-0.25, -0.2) is 0 Å². The van der Waals surface area contributed by atoms with Gasteiger partial charge in [0.05, 0.1) is 0 Å². The number of nitrogens with zero attached hydrogens (tertiary/aromatic N) is 2. The quantitative estimate of drug-likeness (QED) is 0.658. The Kier molecular flexibility index (Phi) is 2.12. The van der Waals surface area contributed by atoms with Gasteiger partial charge < -0.3 is 4.52 Å². The third-order valence-electron chi connectivity index (χ3n) is 2.45. The summed E-state index contributed by atoms with van der Waals surface area (Å²) in [6.07, 6.45) is 3.08. The number of hydrogen-bond donors (Lipinski definition) is 0. The highest BCUT2D eigenvalue weighted by atomic mass is 16.5. The molecule has 0 N–H and O–H groups in total. The molecular formula is C9H12N2O2. The minimum atomic E-state index is 0.329. The van der Waals surface area contributed by atoms with Crippen molar-refractivity contribution in [3.8, 4) is 0 Å². The molecule has 1 fully saturated rings. The van der Waals surface area contributed by atoms with Gasteiger partial charge in [0.25, 0.3) is 0 Å². The fourth-order valence-corrected chi connectivity index (χ4v) is 1.68. The average Bonchev–Trinajstić information content (AvgIpc) is 2.53. The van der Waals surface area contributed by atoms with E-state index in [0.717, 1.165) is 18.7 Å². The Morgan fingerprint density at radius 1 is 1.38 bits per heavy atom. The van der Waals surface area contributed by atoms with Crippen molar-refractivity contribution >= 4 is 5.78 Å². The van der Waals surface area contributed by atoms with E-state index >= 15 is 0 Å². The fourth-order valence-electron chi connectivity index (χ4n) is 1.68. The molecule has 0 amide bonds. The first-order valence-corrected chi connectivity index (χ1v) is 4.57. The normalized spacial score (nSPS) is 19.3. The Labute approximate surface area is 76.3 Å². The molecule has 1 aromatic heterocycles. The van der Waals surface area contributed by atoms with Crippen LogP contribution in [0.2, 0.25) is 0 Å². The van der Waals surface area contributed by atoms with Gasteiger partial charge >= 0.3 is 0 Å². The molecule has 0 aromatic carbocycles. The lowest BCUT2D eigenvalue weighted by atomic mass is 9.88. The lowest BCUT2D eigenvalue weighted by molar-refractivity contribution is -0.120. The molecule has 4 heteroatoms. The summed E-state index contributed by atoms with van der Waals surface area (Å²) in [5, 5.41) is 3.87. The predicted molar refractivity (Wildman–Crippen MR) is 45.3 cm³/mol. The van der Waals surface area contributed by atoms with Crippen LogP contribution in [0, 0.1) is 6.92 Å². The molecule has 13 heavy (non-hydrogen) atoms. The van der Waals surface area contributed by atoms with Crippen LogP contribution in [0.25, 0.3) is 0 Å². The summed E-state index contributed by atoms with van der Waals surface area (Å²) in [7, 11) is 0. The third kappa shape index (κ3) is 1.76. The van der Waals surface area contributed by atoms with Crippen molar-refractivity contribution in [3.63, 3.8) is 0 Å². The van der Waals surface area contributed by atoms with Crippen LogP contribution in [0.1, 0.15) is 43.3 Å². The van der Waals surface area contributed by atoms with Crippen molar-refractivity contribution in [1.29, 1.82) is 0 Å². The Bertz CT molecular complexity index is 309. The second-order valence-electron chi connectivity index (χ2n) is 3.48. The zero-order chi connectivity index (χ0) is 9.26. The number of carbonyl (C=O) groups excluding carboxylic acids is 1. The van der Waals surface area contributed by atoms with E-state index in [1.165, 1.54) is 0 Å². The van der Waals surface area contributed by atoms with Gasteiger partial charge in [0.1, 0.15) is 5.78 Å². The van der Waals surface area contributed by atoms with Crippen LogP contribution in [-0.2, 0) is 4.79 Å². The van der Waals surface area contributed by atoms with Gasteiger partial charge in [-0.3, -0.25) is 4.79 Å². The van der Waals surface area contributed by atoms with Crippen molar-refractivity contribution in [2.75, 3.05) is 0 Å². The van der Waals surface area contributed by atoms with Gasteiger partial charge in [-0.1, -0.05) is 5.16 Å². The number of aryl methyl sites for hydroxylation is 1. The second-order valence-corrected chi connectivity index (χ2v) is 3.48. The van der Waals surface area contributed by atoms with E-state index in [4.69, 9.17) is 4.52 Å². The number of Topliss-reactive ketones (excluding diaryl/α,β-unsaturated/α-hetero) is 1. The number of ketones is 1. The minimum absolute atomic E-state index is 0.329. The van der Waals surface area contributed by atoms with E-state index in [0.29, 0.717) is 30.4 Å². The monoisotopic (exact) mass is 180 g/mol. The molecule has 0 atom stereocenters. The zero-order valence-electron chi connectivity index (χ0n) is 7.62. The maximum Gasteiger partial charge on any atom is 0.223 e. The van der Waals surface area contributed by atoms with Crippen molar-refractivity contribution in [2.24, 2.45) is 0 Å². The summed E-state index contributed by atoms with van der Waals surface area (Å²) in [6, 6.07) is 0. The molecule has 4 nitrogen and oxygen atoms in total. The number of rotatable bonds is 1. The van der Waals surface area contributed by atoms with Gasteiger partial charge in [0.15, 0.2) is 5.82 Å². The van der Waals surface area contributed by atoms with Crippen LogP contribution in [0.5, 0.6) is 0 Å². The molecule has 1 aliphatic rings. The smallest absolute Gasteiger partial charge is 0.223 e. The Morgan fingerprint density at radius 2 is 2.08 bits per heavy atom. The summed E-state index contributed by atoms with van der Waals surface area (Å²) in [5.41, 5.74) is 0. The van der Waals surface area contributed by atoms with Crippen LogP contribution in [0.3, 0.4) is 0 Å². The molecule has 0 bridgehead atoms. The van der Waals surface area contributed by atoms with Crippen LogP contribution in [0.15, 0.2) is 4.52 Å². The Morgan fingerprint density at radius 3 is 2.62 bits per heavy atom. The van der Waals surface area contributed by atoms with Crippen LogP contribution in [-0.4, -0.2) is 15.9 Å². The van der Waals surface area contributed by atoms with Gasteiger partial charge in [-0.15, -0.1) is 0 Å². The molecule has 70 valence electrons. The van der Waals surface area contributed by atoms with Gasteiger partial charge in [-0.2, -0.15) is 4.98 Å². The molecule has 0 radical (unpaired) electrons.